The Bertz CT molecular complexity index is 1310. The van der Waals surface area contributed by atoms with Crippen LogP contribution in [0.4, 0.5) is 0 Å². The van der Waals surface area contributed by atoms with Crippen LogP contribution in [-0.4, -0.2) is 6.21 Å². The average molecular weight is 402 g/mol. The van der Waals surface area contributed by atoms with Crippen LogP contribution in [0.3, 0.4) is 0 Å². The standard InChI is InChI=1S/C30H27N/c31-19-29-28(26-16-8-15-25-23-13-6-4-11-21(23)17-27(25)26)18-22-12-5-7-14-24(22)30(29)20-9-2-1-3-10-20/h4-8,11-16,18-20,31H,1-3,9-10,17H2. The molecule has 0 spiro atoms. The molecule has 1 nitrogen and oxygen atoms in total. The summed E-state index contributed by atoms with van der Waals surface area (Å²) in [4.78, 5) is 0. The fourth-order valence-corrected chi connectivity index (χ4v) is 6.01. The Morgan fingerprint density at radius 2 is 1.42 bits per heavy atom. The molecule has 6 rings (SSSR count). The van der Waals surface area contributed by atoms with E-state index in [1.807, 2.05) is 0 Å². The Hall–Kier alpha value is -3.19. The average Bonchev–Trinajstić information content (AvgIpc) is 3.22. The molecule has 0 radical (unpaired) electrons. The molecule has 1 N–H and O–H groups in total. The SMILES string of the molecule is N=Cc1c(-c2cccc3c2Cc2ccccc2-3)cc2ccccc2c1C1CCCCC1. The van der Waals surface area contributed by atoms with E-state index in [0.29, 0.717) is 5.92 Å². The summed E-state index contributed by atoms with van der Waals surface area (Å²) in [7, 11) is 0. The maximum atomic E-state index is 8.47. The molecular weight excluding hydrogens is 374 g/mol. The zero-order valence-electron chi connectivity index (χ0n) is 17.8. The number of hydrogen-bond donors (Lipinski definition) is 1. The first-order chi connectivity index (χ1) is 15.3. The summed E-state index contributed by atoms with van der Waals surface area (Å²) < 4.78 is 0. The van der Waals surface area contributed by atoms with Gasteiger partial charge in [0.2, 0.25) is 0 Å². The smallest absolute Gasteiger partial charge is 0.0259 e. The summed E-state index contributed by atoms with van der Waals surface area (Å²) in [5, 5.41) is 11.1. The van der Waals surface area contributed by atoms with Gasteiger partial charge in [0.05, 0.1) is 0 Å². The maximum Gasteiger partial charge on any atom is 0.0259 e. The van der Waals surface area contributed by atoms with Crippen molar-refractivity contribution in [2.45, 2.75) is 44.4 Å². The van der Waals surface area contributed by atoms with Gasteiger partial charge in [-0.3, -0.25) is 0 Å². The Morgan fingerprint density at radius 1 is 0.710 bits per heavy atom. The lowest BCUT2D eigenvalue weighted by molar-refractivity contribution is 0.445. The lowest BCUT2D eigenvalue weighted by Crippen LogP contribution is -2.09. The fourth-order valence-electron chi connectivity index (χ4n) is 6.01. The Labute approximate surface area is 184 Å². The van der Waals surface area contributed by atoms with E-state index >= 15 is 0 Å². The van der Waals surface area contributed by atoms with Crippen molar-refractivity contribution in [3.05, 3.63) is 95.1 Å². The van der Waals surface area contributed by atoms with E-state index in [-0.39, 0.29) is 0 Å². The van der Waals surface area contributed by atoms with Crippen molar-refractivity contribution in [1.29, 1.82) is 5.41 Å². The van der Waals surface area contributed by atoms with Gasteiger partial charge in [-0.1, -0.05) is 86.0 Å². The van der Waals surface area contributed by atoms with Gasteiger partial charge < -0.3 is 5.41 Å². The van der Waals surface area contributed by atoms with Crippen molar-refractivity contribution in [2.24, 2.45) is 0 Å². The molecule has 0 bridgehead atoms. The van der Waals surface area contributed by atoms with Gasteiger partial charge in [0.15, 0.2) is 0 Å². The van der Waals surface area contributed by atoms with Crippen LogP contribution in [-0.2, 0) is 6.42 Å². The van der Waals surface area contributed by atoms with Gasteiger partial charge in [0.1, 0.15) is 0 Å². The Morgan fingerprint density at radius 3 is 2.26 bits per heavy atom. The molecule has 0 aromatic heterocycles. The Balaban J connectivity index is 1.62. The van der Waals surface area contributed by atoms with Crippen molar-refractivity contribution in [1.82, 2.24) is 0 Å². The molecule has 152 valence electrons. The van der Waals surface area contributed by atoms with Crippen LogP contribution in [0, 0.1) is 5.41 Å². The molecule has 2 aliphatic carbocycles. The van der Waals surface area contributed by atoms with Crippen LogP contribution in [0.15, 0.2) is 72.8 Å². The minimum atomic E-state index is 0.559. The monoisotopic (exact) mass is 401 g/mol. The van der Waals surface area contributed by atoms with E-state index in [4.69, 9.17) is 5.41 Å². The summed E-state index contributed by atoms with van der Waals surface area (Å²) in [6.45, 7) is 0. The van der Waals surface area contributed by atoms with Crippen molar-refractivity contribution in [2.75, 3.05) is 0 Å². The van der Waals surface area contributed by atoms with Gasteiger partial charge in [-0.05, 0) is 81.0 Å². The minimum Gasteiger partial charge on any atom is -0.308 e. The molecule has 31 heavy (non-hydrogen) atoms. The van der Waals surface area contributed by atoms with Crippen LogP contribution in [0.25, 0.3) is 33.0 Å². The first kappa shape index (κ1) is 18.6. The normalized spacial score (nSPS) is 15.6. The molecule has 0 saturated heterocycles. The molecule has 1 fully saturated rings. The molecule has 1 saturated carbocycles. The zero-order chi connectivity index (χ0) is 20.8. The molecule has 0 atom stereocenters. The third-order valence-electron chi connectivity index (χ3n) is 7.43. The molecule has 0 aliphatic heterocycles. The number of hydrogen-bond acceptors (Lipinski definition) is 1. The van der Waals surface area contributed by atoms with E-state index in [0.717, 1.165) is 12.0 Å². The zero-order valence-corrected chi connectivity index (χ0v) is 17.8. The van der Waals surface area contributed by atoms with Gasteiger partial charge in [-0.15, -0.1) is 0 Å². The van der Waals surface area contributed by atoms with Crippen molar-refractivity contribution >= 4 is 17.0 Å². The summed E-state index contributed by atoms with van der Waals surface area (Å²) in [5.74, 6) is 0.559. The molecule has 0 amide bonds. The minimum absolute atomic E-state index is 0.559. The third kappa shape index (κ3) is 2.95. The van der Waals surface area contributed by atoms with E-state index in [1.54, 1.807) is 6.21 Å². The first-order valence-electron chi connectivity index (χ1n) is 11.6. The van der Waals surface area contributed by atoms with E-state index in [2.05, 4.69) is 72.8 Å². The quantitative estimate of drug-likeness (QED) is 0.295. The van der Waals surface area contributed by atoms with E-state index in [9.17, 15) is 0 Å². The predicted molar refractivity (Wildman–Crippen MR) is 131 cm³/mol. The lowest BCUT2D eigenvalue weighted by atomic mass is 9.77. The van der Waals surface area contributed by atoms with Crippen molar-refractivity contribution in [3.63, 3.8) is 0 Å². The Kier molecular flexibility index (Phi) is 4.49. The number of rotatable bonds is 3. The first-order valence-corrected chi connectivity index (χ1v) is 11.6. The predicted octanol–water partition coefficient (Wildman–Crippen LogP) is 8.12. The number of fused-ring (bicyclic) bond motifs is 4. The molecule has 1 heteroatoms. The summed E-state index contributed by atoms with van der Waals surface area (Å²) >= 11 is 0. The maximum absolute atomic E-state index is 8.47. The fraction of sp³-hybridized carbons (Fsp3) is 0.233. The third-order valence-corrected chi connectivity index (χ3v) is 7.43. The van der Waals surface area contributed by atoms with Gasteiger partial charge in [0.25, 0.3) is 0 Å². The second-order valence-corrected chi connectivity index (χ2v) is 9.12. The largest absolute Gasteiger partial charge is 0.308 e. The van der Waals surface area contributed by atoms with Gasteiger partial charge in [0, 0.05) is 11.8 Å². The van der Waals surface area contributed by atoms with Gasteiger partial charge in [-0.2, -0.15) is 0 Å². The molecule has 4 aromatic rings. The number of nitrogens with one attached hydrogen (secondary N) is 1. The van der Waals surface area contributed by atoms with Crippen LogP contribution < -0.4 is 0 Å². The second-order valence-electron chi connectivity index (χ2n) is 9.12. The summed E-state index contributed by atoms with van der Waals surface area (Å²) in [5.41, 5.74) is 10.6. The van der Waals surface area contributed by atoms with Crippen LogP contribution in [0.1, 0.15) is 60.3 Å². The van der Waals surface area contributed by atoms with E-state index < -0.39 is 0 Å². The molecule has 0 unspecified atom stereocenters. The highest BCUT2D eigenvalue weighted by molar-refractivity contribution is 6.03. The van der Waals surface area contributed by atoms with Crippen LogP contribution in [0.5, 0.6) is 0 Å². The summed E-state index contributed by atoms with van der Waals surface area (Å²) in [6.07, 6.45) is 9.04. The summed E-state index contributed by atoms with van der Waals surface area (Å²) in [6, 6.07) is 26.7. The van der Waals surface area contributed by atoms with Crippen molar-refractivity contribution in [3.8, 4) is 22.3 Å². The molecule has 0 heterocycles. The van der Waals surface area contributed by atoms with Gasteiger partial charge in [-0.25, -0.2) is 0 Å². The van der Waals surface area contributed by atoms with Crippen LogP contribution >= 0.6 is 0 Å². The highest BCUT2D eigenvalue weighted by atomic mass is 14.4. The molecule has 4 aromatic carbocycles. The van der Waals surface area contributed by atoms with Crippen LogP contribution in [0.2, 0.25) is 0 Å². The lowest BCUT2D eigenvalue weighted by Gasteiger charge is -2.27. The van der Waals surface area contributed by atoms with E-state index in [1.165, 1.54) is 81.8 Å². The van der Waals surface area contributed by atoms with Crippen molar-refractivity contribution < 1.29 is 0 Å². The highest BCUT2D eigenvalue weighted by Gasteiger charge is 2.26. The molecular formula is C30H27N. The second kappa shape index (κ2) is 7.50. The molecule has 2 aliphatic rings. The highest BCUT2D eigenvalue weighted by Crippen LogP contribution is 2.46. The number of benzene rings is 4. The topological polar surface area (TPSA) is 23.9 Å². The van der Waals surface area contributed by atoms with Gasteiger partial charge >= 0.3 is 0 Å².